The maximum atomic E-state index is 12.5. The number of amides is 1. The molecule has 2 aromatic heterocycles. The zero-order chi connectivity index (χ0) is 19.5. The Balaban J connectivity index is 1.35. The summed E-state index contributed by atoms with van der Waals surface area (Å²) in [6.45, 7) is 2.42. The first-order valence-corrected chi connectivity index (χ1v) is 9.16. The van der Waals surface area contributed by atoms with Gasteiger partial charge in [-0.05, 0) is 24.6 Å². The van der Waals surface area contributed by atoms with E-state index in [0.29, 0.717) is 31.1 Å². The number of aromatic nitrogens is 4. The number of para-hydroxylation sites is 2. The summed E-state index contributed by atoms with van der Waals surface area (Å²) in [5.74, 6) is 1.77. The lowest BCUT2D eigenvalue weighted by Gasteiger charge is -2.14. The number of benzene rings is 2. The summed E-state index contributed by atoms with van der Waals surface area (Å²) in [5, 5.41) is 4.04. The average Bonchev–Trinajstić information content (AvgIpc) is 3.32. The molecule has 4 rings (SSSR count). The molecule has 0 spiro atoms. The molecular formula is C21H21N5O2. The van der Waals surface area contributed by atoms with Crippen molar-refractivity contribution in [2.75, 3.05) is 7.05 Å². The number of carbonyl (C=O) groups is 1. The Morgan fingerprint density at radius 2 is 1.89 bits per heavy atom. The molecule has 0 radical (unpaired) electrons. The average molecular weight is 375 g/mol. The molecule has 7 nitrogen and oxygen atoms in total. The van der Waals surface area contributed by atoms with E-state index in [0.717, 1.165) is 28.0 Å². The van der Waals surface area contributed by atoms with Crippen LogP contribution in [0.5, 0.6) is 0 Å². The third kappa shape index (κ3) is 3.78. The number of fused-ring (bicyclic) bond motifs is 1. The lowest BCUT2D eigenvalue weighted by molar-refractivity contribution is -0.130. The lowest BCUT2D eigenvalue weighted by atomic mass is 10.1. The van der Waals surface area contributed by atoms with Gasteiger partial charge in [-0.25, -0.2) is 4.98 Å². The molecule has 7 heteroatoms. The first-order valence-electron chi connectivity index (χ1n) is 9.16. The van der Waals surface area contributed by atoms with E-state index >= 15 is 0 Å². The third-order valence-electron chi connectivity index (χ3n) is 4.66. The summed E-state index contributed by atoms with van der Waals surface area (Å²) in [7, 11) is 1.77. The van der Waals surface area contributed by atoms with Crippen LogP contribution >= 0.6 is 0 Å². The smallest absolute Gasteiger partial charge is 0.227 e. The first-order chi connectivity index (χ1) is 13.6. The number of hydrogen-bond acceptors (Lipinski definition) is 5. The van der Waals surface area contributed by atoms with Gasteiger partial charge in [0, 0.05) is 25.5 Å². The van der Waals surface area contributed by atoms with E-state index in [-0.39, 0.29) is 5.91 Å². The second-order valence-electron chi connectivity index (χ2n) is 6.78. The third-order valence-corrected chi connectivity index (χ3v) is 4.66. The molecule has 28 heavy (non-hydrogen) atoms. The van der Waals surface area contributed by atoms with Gasteiger partial charge in [0.2, 0.25) is 17.6 Å². The van der Waals surface area contributed by atoms with Crippen molar-refractivity contribution in [3.8, 4) is 11.4 Å². The number of H-pyrrole nitrogens is 1. The van der Waals surface area contributed by atoms with Crippen LogP contribution in [0.15, 0.2) is 53.1 Å². The summed E-state index contributed by atoms with van der Waals surface area (Å²) < 4.78 is 5.31. The van der Waals surface area contributed by atoms with E-state index in [1.54, 1.807) is 11.9 Å². The number of aromatic amines is 1. The molecular weight excluding hydrogens is 354 g/mol. The fourth-order valence-corrected chi connectivity index (χ4v) is 3.09. The number of nitrogens with one attached hydrogen (secondary N) is 1. The summed E-state index contributed by atoms with van der Waals surface area (Å²) >= 11 is 0. The quantitative estimate of drug-likeness (QED) is 0.557. The van der Waals surface area contributed by atoms with Crippen LogP contribution in [-0.4, -0.2) is 38.0 Å². The molecule has 0 unspecified atom stereocenters. The SMILES string of the molecule is Cc1ccccc1-c1noc(CCC(=O)N(C)Cc2nc3ccccc3[nH]2)n1. The molecule has 1 amide bonds. The first kappa shape index (κ1) is 17.9. The number of rotatable bonds is 6. The van der Waals surface area contributed by atoms with Crippen molar-refractivity contribution < 1.29 is 9.32 Å². The minimum Gasteiger partial charge on any atom is -0.340 e. The van der Waals surface area contributed by atoms with E-state index in [9.17, 15) is 4.79 Å². The maximum absolute atomic E-state index is 12.5. The van der Waals surface area contributed by atoms with Crippen molar-refractivity contribution in [1.82, 2.24) is 25.0 Å². The number of hydrogen-bond donors (Lipinski definition) is 1. The minimum absolute atomic E-state index is 0.00361. The monoisotopic (exact) mass is 375 g/mol. The van der Waals surface area contributed by atoms with Crippen LogP contribution in [0, 0.1) is 6.92 Å². The molecule has 0 atom stereocenters. The van der Waals surface area contributed by atoms with Gasteiger partial charge in [0.15, 0.2) is 0 Å². The second-order valence-corrected chi connectivity index (χ2v) is 6.78. The molecule has 0 saturated carbocycles. The summed E-state index contributed by atoms with van der Waals surface area (Å²) in [5.41, 5.74) is 3.88. The van der Waals surface area contributed by atoms with Crippen LogP contribution < -0.4 is 0 Å². The molecule has 0 aliphatic rings. The molecule has 0 saturated heterocycles. The van der Waals surface area contributed by atoms with Crippen LogP contribution in [0.25, 0.3) is 22.4 Å². The van der Waals surface area contributed by atoms with Gasteiger partial charge in [0.05, 0.1) is 17.6 Å². The van der Waals surface area contributed by atoms with E-state index < -0.39 is 0 Å². The van der Waals surface area contributed by atoms with Crippen LogP contribution in [-0.2, 0) is 17.8 Å². The molecule has 1 N–H and O–H groups in total. The molecule has 142 valence electrons. The molecule has 0 bridgehead atoms. The standard InChI is InChI=1S/C21H21N5O2/c1-14-7-3-4-8-15(14)21-24-19(28-25-21)11-12-20(27)26(2)13-18-22-16-9-5-6-10-17(16)23-18/h3-10H,11-13H2,1-2H3,(H,22,23). The van der Waals surface area contributed by atoms with Crippen molar-refractivity contribution >= 4 is 16.9 Å². The Kier molecular flexibility index (Phi) is 4.89. The minimum atomic E-state index is -0.00361. The highest BCUT2D eigenvalue weighted by Crippen LogP contribution is 2.20. The Morgan fingerprint density at radius 1 is 1.11 bits per heavy atom. The highest BCUT2D eigenvalue weighted by molar-refractivity contribution is 5.77. The normalized spacial score (nSPS) is 11.1. The largest absolute Gasteiger partial charge is 0.340 e. The van der Waals surface area contributed by atoms with Crippen molar-refractivity contribution in [2.45, 2.75) is 26.3 Å². The highest BCUT2D eigenvalue weighted by Gasteiger charge is 2.15. The molecule has 2 heterocycles. The highest BCUT2D eigenvalue weighted by atomic mass is 16.5. The number of nitrogens with zero attached hydrogens (tertiary/aromatic N) is 4. The van der Waals surface area contributed by atoms with Crippen molar-refractivity contribution in [1.29, 1.82) is 0 Å². The lowest BCUT2D eigenvalue weighted by Crippen LogP contribution is -2.26. The van der Waals surface area contributed by atoms with E-state index in [1.807, 2.05) is 55.5 Å². The van der Waals surface area contributed by atoms with E-state index in [1.165, 1.54) is 0 Å². The second kappa shape index (κ2) is 7.64. The van der Waals surface area contributed by atoms with Crippen LogP contribution in [0.3, 0.4) is 0 Å². The maximum Gasteiger partial charge on any atom is 0.227 e. The van der Waals surface area contributed by atoms with Gasteiger partial charge in [-0.2, -0.15) is 4.98 Å². The summed E-state index contributed by atoms with van der Waals surface area (Å²) in [6.07, 6.45) is 0.703. The van der Waals surface area contributed by atoms with Crippen molar-refractivity contribution in [3.05, 3.63) is 65.8 Å². The molecule has 0 aliphatic carbocycles. The topological polar surface area (TPSA) is 87.9 Å². The Bertz CT molecular complexity index is 1080. The van der Waals surface area contributed by atoms with Crippen LogP contribution in [0.1, 0.15) is 23.7 Å². The van der Waals surface area contributed by atoms with Gasteiger partial charge < -0.3 is 14.4 Å². The summed E-state index contributed by atoms with van der Waals surface area (Å²) in [4.78, 5) is 26.3. The number of imidazole rings is 1. The summed E-state index contributed by atoms with van der Waals surface area (Å²) in [6, 6.07) is 15.7. The molecule has 0 aliphatic heterocycles. The Morgan fingerprint density at radius 3 is 2.71 bits per heavy atom. The number of carbonyl (C=O) groups excluding carboxylic acids is 1. The van der Waals surface area contributed by atoms with Gasteiger partial charge in [-0.15, -0.1) is 0 Å². The molecule has 2 aromatic carbocycles. The van der Waals surface area contributed by atoms with Gasteiger partial charge in [-0.3, -0.25) is 4.79 Å². The zero-order valence-electron chi connectivity index (χ0n) is 15.8. The van der Waals surface area contributed by atoms with Crippen molar-refractivity contribution in [2.24, 2.45) is 0 Å². The predicted molar refractivity (Wildman–Crippen MR) is 105 cm³/mol. The van der Waals surface area contributed by atoms with Gasteiger partial charge in [0.25, 0.3) is 0 Å². The van der Waals surface area contributed by atoms with Crippen molar-refractivity contribution in [3.63, 3.8) is 0 Å². The van der Waals surface area contributed by atoms with E-state index in [2.05, 4.69) is 20.1 Å². The van der Waals surface area contributed by atoms with Gasteiger partial charge in [0.1, 0.15) is 5.82 Å². The Hall–Kier alpha value is -3.48. The van der Waals surface area contributed by atoms with Gasteiger partial charge in [-0.1, -0.05) is 41.6 Å². The van der Waals surface area contributed by atoms with Crippen LogP contribution in [0.4, 0.5) is 0 Å². The zero-order valence-corrected chi connectivity index (χ0v) is 15.8. The van der Waals surface area contributed by atoms with Crippen LogP contribution in [0.2, 0.25) is 0 Å². The fraction of sp³-hybridized carbons (Fsp3) is 0.238. The predicted octanol–water partition coefficient (Wildman–Crippen LogP) is 3.51. The number of aryl methyl sites for hydroxylation is 2. The molecule has 4 aromatic rings. The Labute approximate surface area is 162 Å². The van der Waals surface area contributed by atoms with Gasteiger partial charge >= 0.3 is 0 Å². The fourth-order valence-electron chi connectivity index (χ4n) is 3.09. The van der Waals surface area contributed by atoms with E-state index in [4.69, 9.17) is 4.52 Å². The molecule has 0 fully saturated rings.